The van der Waals surface area contributed by atoms with Gasteiger partial charge in [0, 0.05) is 28.7 Å². The number of amides is 1. The van der Waals surface area contributed by atoms with Crippen LogP contribution in [0.3, 0.4) is 0 Å². The molecule has 0 bridgehead atoms. The Bertz CT molecular complexity index is 1460. The summed E-state index contributed by atoms with van der Waals surface area (Å²) in [4.78, 5) is 13.5. The summed E-state index contributed by atoms with van der Waals surface area (Å²) >= 11 is 6.24. The third kappa shape index (κ3) is 4.49. The Morgan fingerprint density at radius 3 is 2.51 bits per heavy atom. The first kappa shape index (κ1) is 25.6. The maximum Gasteiger partial charge on any atom is 0.254 e. The van der Waals surface area contributed by atoms with Gasteiger partial charge in [-0.15, -0.1) is 0 Å². The van der Waals surface area contributed by atoms with Gasteiger partial charge in [0.1, 0.15) is 23.9 Å². The summed E-state index contributed by atoms with van der Waals surface area (Å²) in [5, 5.41) is 56.6. The number of fused-ring (bicyclic) bond motifs is 2. The highest BCUT2D eigenvalue weighted by molar-refractivity contribution is 6.31. The first-order valence-electron chi connectivity index (χ1n) is 11.8. The van der Waals surface area contributed by atoms with Crippen LogP contribution in [0.25, 0.3) is 21.7 Å². The fraction of sp³-hybridized carbons (Fsp3) is 0.296. The number of hydrogen-bond acceptors (Lipinski definition) is 7. The van der Waals surface area contributed by atoms with E-state index < -0.39 is 49.3 Å². The van der Waals surface area contributed by atoms with Gasteiger partial charge in [-0.2, -0.15) is 0 Å². The molecule has 0 spiro atoms. The van der Waals surface area contributed by atoms with Crippen molar-refractivity contribution in [2.75, 3.05) is 13.2 Å². The van der Waals surface area contributed by atoms with Crippen molar-refractivity contribution < 1.29 is 35.1 Å². The molecule has 5 rings (SSSR count). The fourth-order valence-corrected chi connectivity index (χ4v) is 5.09. The number of aromatic nitrogens is 1. The molecule has 0 aliphatic carbocycles. The molecule has 4 aromatic rings. The summed E-state index contributed by atoms with van der Waals surface area (Å²) in [7, 11) is 0. The van der Waals surface area contributed by atoms with E-state index in [1.165, 1.54) is 0 Å². The zero-order chi connectivity index (χ0) is 26.3. The number of carbonyl (C=O) groups excluding carboxylic acids is 1. The molecule has 1 aliphatic heterocycles. The first-order valence-corrected chi connectivity index (χ1v) is 12.1. The molecule has 9 nitrogen and oxygen atoms in total. The molecule has 194 valence electrons. The topological polar surface area (TPSA) is 144 Å². The fourth-order valence-electron chi connectivity index (χ4n) is 4.91. The van der Waals surface area contributed by atoms with E-state index in [0.29, 0.717) is 17.0 Å². The number of aliphatic hydroxyl groups is 5. The van der Waals surface area contributed by atoms with Crippen molar-refractivity contribution in [1.29, 1.82) is 0 Å². The molecule has 1 amide bonds. The molecule has 1 aliphatic rings. The van der Waals surface area contributed by atoms with Gasteiger partial charge in [-0.3, -0.25) is 4.79 Å². The van der Waals surface area contributed by atoms with Gasteiger partial charge in [0.2, 0.25) is 0 Å². The van der Waals surface area contributed by atoms with Crippen molar-refractivity contribution in [1.82, 2.24) is 9.88 Å². The Labute approximate surface area is 217 Å². The predicted octanol–water partition coefficient (Wildman–Crippen LogP) is 1.39. The van der Waals surface area contributed by atoms with Crippen molar-refractivity contribution in [3.8, 4) is 0 Å². The quantitative estimate of drug-likeness (QED) is 0.223. The largest absolute Gasteiger partial charge is 0.394 e. The van der Waals surface area contributed by atoms with Crippen LogP contribution in [0.1, 0.15) is 15.9 Å². The van der Waals surface area contributed by atoms with Crippen molar-refractivity contribution in [2.24, 2.45) is 0 Å². The van der Waals surface area contributed by atoms with Crippen LogP contribution in [-0.4, -0.2) is 79.4 Å². The van der Waals surface area contributed by atoms with E-state index in [4.69, 9.17) is 16.3 Å². The normalized spacial score (nSPS) is 26.0. The molecule has 10 heteroatoms. The van der Waals surface area contributed by atoms with Gasteiger partial charge in [-0.05, 0) is 40.6 Å². The minimum atomic E-state index is -2.13. The van der Waals surface area contributed by atoms with Crippen LogP contribution >= 0.6 is 11.6 Å². The molecule has 2 heterocycles. The van der Waals surface area contributed by atoms with E-state index >= 15 is 0 Å². The van der Waals surface area contributed by atoms with Crippen LogP contribution in [0.4, 0.5) is 0 Å². The van der Waals surface area contributed by atoms with Crippen LogP contribution in [0.5, 0.6) is 0 Å². The number of rotatable bonds is 6. The molecule has 1 saturated heterocycles. The average molecular weight is 527 g/mol. The molecular weight excluding hydrogens is 500 g/mol. The van der Waals surface area contributed by atoms with Crippen molar-refractivity contribution >= 4 is 39.2 Å². The third-order valence-electron chi connectivity index (χ3n) is 7.02. The lowest BCUT2D eigenvalue weighted by Gasteiger charge is -2.48. The molecule has 1 aromatic heterocycles. The smallest absolute Gasteiger partial charge is 0.254 e. The van der Waals surface area contributed by atoms with E-state index in [2.05, 4.69) is 11.4 Å². The van der Waals surface area contributed by atoms with Gasteiger partial charge in [0.25, 0.3) is 5.91 Å². The van der Waals surface area contributed by atoms with Gasteiger partial charge in [-0.1, -0.05) is 48.0 Å². The lowest BCUT2D eigenvalue weighted by atomic mass is 9.83. The number of ether oxygens (including phenoxy) is 1. The molecule has 1 fully saturated rings. The van der Waals surface area contributed by atoms with Crippen LogP contribution in [0, 0.1) is 0 Å². The molecule has 5 atom stereocenters. The van der Waals surface area contributed by atoms with Gasteiger partial charge in [0.05, 0.1) is 18.8 Å². The second-order valence-corrected chi connectivity index (χ2v) is 9.75. The minimum Gasteiger partial charge on any atom is -0.394 e. The number of carbonyl (C=O) groups is 1. The summed E-state index contributed by atoms with van der Waals surface area (Å²) in [6.45, 7) is -1.16. The van der Waals surface area contributed by atoms with Crippen LogP contribution < -0.4 is 5.32 Å². The summed E-state index contributed by atoms with van der Waals surface area (Å²) in [5.41, 5.74) is -0.214. The molecule has 6 N–H and O–H groups in total. The predicted molar refractivity (Wildman–Crippen MR) is 137 cm³/mol. The van der Waals surface area contributed by atoms with Gasteiger partial charge < -0.3 is 40.2 Å². The van der Waals surface area contributed by atoms with E-state index in [-0.39, 0.29) is 5.56 Å². The lowest BCUT2D eigenvalue weighted by Crippen LogP contribution is -2.74. The Morgan fingerprint density at radius 1 is 1.03 bits per heavy atom. The second-order valence-electron chi connectivity index (χ2n) is 9.31. The summed E-state index contributed by atoms with van der Waals surface area (Å²) in [6, 6.07) is 19.3. The van der Waals surface area contributed by atoms with Crippen LogP contribution in [0.15, 0.2) is 66.9 Å². The zero-order valence-corrected chi connectivity index (χ0v) is 20.4. The van der Waals surface area contributed by atoms with Gasteiger partial charge >= 0.3 is 0 Å². The molecular formula is C27H27ClN2O7. The number of halogens is 1. The van der Waals surface area contributed by atoms with E-state index in [1.807, 2.05) is 41.0 Å². The monoisotopic (exact) mass is 526 g/mol. The third-order valence-corrected chi connectivity index (χ3v) is 7.25. The van der Waals surface area contributed by atoms with E-state index in [1.54, 1.807) is 24.4 Å². The Balaban J connectivity index is 1.51. The maximum absolute atomic E-state index is 13.5. The minimum absolute atomic E-state index is 0.185. The number of benzene rings is 3. The standard InChI is InChI=1S/C27H27ClN2O7/c28-18-7-8-21-19(10-18)20(12-30(21)11-15-5-6-16-3-1-2-4-17(16)9-15)25(35)29-27(14-32)24(34)23(33)22(13-31)37-26(27)36/h1-10,12,22-24,26,31-34,36H,11,13-14H2,(H,29,35)/t22-,23-,24+,26?,27-/m1/s1. The molecule has 0 saturated carbocycles. The number of hydrogen-bond donors (Lipinski definition) is 6. The maximum atomic E-state index is 13.5. The summed E-state index contributed by atoms with van der Waals surface area (Å²) < 4.78 is 7.07. The summed E-state index contributed by atoms with van der Waals surface area (Å²) in [5.74, 6) is -0.727. The van der Waals surface area contributed by atoms with Crippen molar-refractivity contribution in [3.05, 3.63) is 83.0 Å². The van der Waals surface area contributed by atoms with E-state index in [0.717, 1.165) is 21.9 Å². The molecule has 0 radical (unpaired) electrons. The Kier molecular flexibility index (Phi) is 6.95. The highest BCUT2D eigenvalue weighted by atomic mass is 35.5. The highest BCUT2D eigenvalue weighted by Gasteiger charge is 2.56. The summed E-state index contributed by atoms with van der Waals surface area (Å²) in [6.07, 6.45) is -5.04. The van der Waals surface area contributed by atoms with Crippen LogP contribution in [0.2, 0.25) is 5.02 Å². The first-order chi connectivity index (χ1) is 17.8. The Hall–Kier alpha value is -3.02. The Morgan fingerprint density at radius 2 is 1.78 bits per heavy atom. The number of nitrogens with zero attached hydrogens (tertiary/aromatic N) is 1. The van der Waals surface area contributed by atoms with Gasteiger partial charge in [0.15, 0.2) is 6.29 Å². The lowest BCUT2D eigenvalue weighted by molar-refractivity contribution is -0.288. The highest BCUT2D eigenvalue weighted by Crippen LogP contribution is 2.31. The van der Waals surface area contributed by atoms with E-state index in [9.17, 15) is 30.3 Å². The molecule has 1 unspecified atom stereocenters. The number of nitrogens with one attached hydrogen (secondary N) is 1. The van der Waals surface area contributed by atoms with Crippen LogP contribution in [-0.2, 0) is 11.3 Å². The SMILES string of the molecule is O=C(N[C@@]1(CO)C(O)O[C@H](CO)[C@@H](O)[C@@H]1O)c1cn(Cc2ccc3ccccc3c2)c2ccc(Cl)cc12. The number of aliphatic hydroxyl groups excluding tert-OH is 5. The van der Waals surface area contributed by atoms with Crippen molar-refractivity contribution in [3.63, 3.8) is 0 Å². The second kappa shape index (κ2) is 10.0. The van der Waals surface area contributed by atoms with Gasteiger partial charge in [-0.25, -0.2) is 0 Å². The molecule has 37 heavy (non-hydrogen) atoms. The van der Waals surface area contributed by atoms with Crippen molar-refractivity contribution in [2.45, 2.75) is 36.7 Å². The molecule has 3 aromatic carbocycles. The zero-order valence-electron chi connectivity index (χ0n) is 19.7. The average Bonchev–Trinajstić information content (AvgIpc) is 3.25.